The first-order valence-electron chi connectivity index (χ1n) is 5.04. The topological polar surface area (TPSA) is 38.7 Å². The lowest BCUT2D eigenvalue weighted by molar-refractivity contribution is 0.410. The van der Waals surface area contributed by atoms with E-state index < -0.39 is 0 Å². The molecule has 2 aromatic rings. The molecule has 0 amide bonds. The van der Waals surface area contributed by atoms with E-state index in [1.807, 2.05) is 30.3 Å². The summed E-state index contributed by atoms with van der Waals surface area (Å²) in [5, 5.41) is 2.70. The Bertz CT molecular complexity index is 604. The van der Waals surface area contributed by atoms with Crippen LogP contribution in [0.3, 0.4) is 0 Å². The Hall–Kier alpha value is -1.83. The SMILES string of the molecule is COc1cc2ccc(Cl)cc2cc1CN=C=O. The van der Waals surface area contributed by atoms with E-state index in [-0.39, 0.29) is 6.54 Å². The second-order valence-corrected chi connectivity index (χ2v) is 4.00. The molecule has 86 valence electrons. The Balaban J connectivity index is 2.60. The van der Waals surface area contributed by atoms with Crippen molar-refractivity contribution in [3.8, 4) is 5.75 Å². The van der Waals surface area contributed by atoms with Crippen molar-refractivity contribution in [3.05, 3.63) is 40.9 Å². The molecular formula is C13H10ClNO2. The van der Waals surface area contributed by atoms with E-state index >= 15 is 0 Å². The van der Waals surface area contributed by atoms with Gasteiger partial charge < -0.3 is 4.74 Å². The van der Waals surface area contributed by atoms with Gasteiger partial charge in [0.2, 0.25) is 6.08 Å². The fraction of sp³-hybridized carbons (Fsp3) is 0.154. The largest absolute Gasteiger partial charge is 0.496 e. The van der Waals surface area contributed by atoms with Crippen LogP contribution in [0.4, 0.5) is 0 Å². The monoisotopic (exact) mass is 247 g/mol. The first kappa shape index (κ1) is 11.6. The van der Waals surface area contributed by atoms with Crippen LogP contribution in [0.5, 0.6) is 5.75 Å². The van der Waals surface area contributed by atoms with Crippen molar-refractivity contribution in [3.63, 3.8) is 0 Å². The summed E-state index contributed by atoms with van der Waals surface area (Å²) in [6, 6.07) is 9.44. The summed E-state index contributed by atoms with van der Waals surface area (Å²) in [6.07, 6.45) is 1.52. The van der Waals surface area contributed by atoms with Crippen molar-refractivity contribution < 1.29 is 9.53 Å². The first-order valence-corrected chi connectivity index (χ1v) is 5.42. The molecule has 3 nitrogen and oxygen atoms in total. The smallest absolute Gasteiger partial charge is 0.235 e. The maximum Gasteiger partial charge on any atom is 0.235 e. The lowest BCUT2D eigenvalue weighted by atomic mass is 10.1. The summed E-state index contributed by atoms with van der Waals surface area (Å²) in [7, 11) is 1.59. The maximum atomic E-state index is 10.1. The molecule has 0 saturated carbocycles. The number of halogens is 1. The summed E-state index contributed by atoms with van der Waals surface area (Å²) in [4.78, 5) is 13.7. The molecule has 0 aromatic heterocycles. The summed E-state index contributed by atoms with van der Waals surface area (Å²) in [6.45, 7) is 0.259. The van der Waals surface area contributed by atoms with Gasteiger partial charge in [-0.3, -0.25) is 0 Å². The Labute approximate surface area is 104 Å². The standard InChI is InChI=1S/C13H10ClNO2/c1-17-13-6-9-2-3-12(14)5-10(9)4-11(13)7-15-8-16/h2-6H,7H2,1H3. The van der Waals surface area contributed by atoms with Crippen molar-refractivity contribution in [2.75, 3.05) is 7.11 Å². The third-order valence-corrected chi connectivity index (χ3v) is 2.75. The van der Waals surface area contributed by atoms with E-state index in [4.69, 9.17) is 16.3 Å². The highest BCUT2D eigenvalue weighted by atomic mass is 35.5. The predicted molar refractivity (Wildman–Crippen MR) is 67.3 cm³/mol. The number of hydrogen-bond donors (Lipinski definition) is 0. The molecule has 0 saturated heterocycles. The van der Waals surface area contributed by atoms with E-state index in [1.165, 1.54) is 6.08 Å². The number of carbonyl (C=O) groups excluding carboxylic acids is 1. The number of benzene rings is 2. The van der Waals surface area contributed by atoms with Crippen LogP contribution in [0.1, 0.15) is 5.56 Å². The summed E-state index contributed by atoms with van der Waals surface area (Å²) in [5.74, 6) is 0.707. The highest BCUT2D eigenvalue weighted by Gasteiger charge is 2.05. The van der Waals surface area contributed by atoms with Gasteiger partial charge in [-0.15, -0.1) is 0 Å². The zero-order valence-electron chi connectivity index (χ0n) is 9.24. The highest BCUT2D eigenvalue weighted by Crippen LogP contribution is 2.28. The minimum Gasteiger partial charge on any atom is -0.496 e. The lowest BCUT2D eigenvalue weighted by Crippen LogP contribution is -1.91. The van der Waals surface area contributed by atoms with Crippen LogP contribution in [-0.2, 0) is 11.3 Å². The quantitative estimate of drug-likeness (QED) is 0.616. The summed E-state index contributed by atoms with van der Waals surface area (Å²) >= 11 is 5.93. The van der Waals surface area contributed by atoms with Crippen LogP contribution in [0.2, 0.25) is 5.02 Å². The number of isocyanates is 1. The van der Waals surface area contributed by atoms with Gasteiger partial charge in [0.05, 0.1) is 13.7 Å². The maximum absolute atomic E-state index is 10.1. The Morgan fingerprint density at radius 3 is 2.82 bits per heavy atom. The van der Waals surface area contributed by atoms with E-state index in [0.29, 0.717) is 10.8 Å². The van der Waals surface area contributed by atoms with E-state index in [2.05, 4.69) is 4.99 Å². The summed E-state index contributed by atoms with van der Waals surface area (Å²) in [5.41, 5.74) is 0.839. The number of fused-ring (bicyclic) bond motifs is 1. The minimum atomic E-state index is 0.259. The molecule has 0 atom stereocenters. The Morgan fingerprint density at radius 1 is 1.29 bits per heavy atom. The Kier molecular flexibility index (Phi) is 3.43. The van der Waals surface area contributed by atoms with Gasteiger partial charge in [-0.25, -0.2) is 9.79 Å². The molecule has 0 heterocycles. The molecule has 0 spiro atoms. The van der Waals surface area contributed by atoms with Crippen LogP contribution in [-0.4, -0.2) is 13.2 Å². The van der Waals surface area contributed by atoms with Crippen LogP contribution >= 0.6 is 11.6 Å². The molecule has 0 bridgehead atoms. The molecule has 17 heavy (non-hydrogen) atoms. The van der Waals surface area contributed by atoms with Gasteiger partial charge in [0.15, 0.2) is 0 Å². The highest BCUT2D eigenvalue weighted by molar-refractivity contribution is 6.31. The van der Waals surface area contributed by atoms with Crippen molar-refractivity contribution in [2.45, 2.75) is 6.54 Å². The van der Waals surface area contributed by atoms with Gasteiger partial charge in [-0.2, -0.15) is 0 Å². The third kappa shape index (κ3) is 2.47. The second-order valence-electron chi connectivity index (χ2n) is 3.56. The zero-order chi connectivity index (χ0) is 12.3. The summed E-state index contributed by atoms with van der Waals surface area (Å²) < 4.78 is 5.26. The van der Waals surface area contributed by atoms with Gasteiger partial charge in [0, 0.05) is 10.6 Å². The van der Waals surface area contributed by atoms with Gasteiger partial charge >= 0.3 is 0 Å². The van der Waals surface area contributed by atoms with Crippen molar-refractivity contribution in [1.29, 1.82) is 0 Å². The Morgan fingerprint density at radius 2 is 2.12 bits per heavy atom. The fourth-order valence-corrected chi connectivity index (χ4v) is 1.91. The van der Waals surface area contributed by atoms with Crippen LogP contribution < -0.4 is 4.74 Å². The average molecular weight is 248 g/mol. The average Bonchev–Trinajstić information content (AvgIpc) is 2.35. The molecule has 0 fully saturated rings. The molecule has 0 radical (unpaired) electrons. The van der Waals surface area contributed by atoms with E-state index in [0.717, 1.165) is 16.3 Å². The zero-order valence-corrected chi connectivity index (χ0v) is 9.99. The van der Waals surface area contributed by atoms with Crippen LogP contribution in [0.15, 0.2) is 35.3 Å². The van der Waals surface area contributed by atoms with Crippen molar-refractivity contribution in [1.82, 2.24) is 0 Å². The molecular weight excluding hydrogens is 238 g/mol. The predicted octanol–water partition coefficient (Wildman–Crippen LogP) is 3.34. The van der Waals surface area contributed by atoms with E-state index in [9.17, 15) is 4.79 Å². The number of rotatable bonds is 3. The van der Waals surface area contributed by atoms with Gasteiger partial charge in [0.25, 0.3) is 0 Å². The fourth-order valence-electron chi connectivity index (χ4n) is 1.73. The number of nitrogens with zero attached hydrogens (tertiary/aromatic N) is 1. The lowest BCUT2D eigenvalue weighted by Gasteiger charge is -2.08. The molecule has 2 rings (SSSR count). The third-order valence-electron chi connectivity index (χ3n) is 2.52. The van der Waals surface area contributed by atoms with Gasteiger partial charge in [0.1, 0.15) is 5.75 Å². The first-order chi connectivity index (χ1) is 8.24. The number of hydrogen-bond acceptors (Lipinski definition) is 3. The van der Waals surface area contributed by atoms with Gasteiger partial charge in [-0.1, -0.05) is 17.7 Å². The molecule has 4 heteroatoms. The van der Waals surface area contributed by atoms with Crippen LogP contribution in [0, 0.1) is 0 Å². The number of methoxy groups -OCH3 is 1. The second kappa shape index (κ2) is 5.00. The van der Waals surface area contributed by atoms with Gasteiger partial charge in [-0.05, 0) is 35.0 Å². The molecule has 0 N–H and O–H groups in total. The molecule has 0 aliphatic heterocycles. The van der Waals surface area contributed by atoms with E-state index in [1.54, 1.807) is 7.11 Å². The van der Waals surface area contributed by atoms with Crippen LogP contribution in [0.25, 0.3) is 10.8 Å². The van der Waals surface area contributed by atoms with Crippen molar-refractivity contribution in [2.24, 2.45) is 4.99 Å². The van der Waals surface area contributed by atoms with Crippen molar-refractivity contribution >= 4 is 28.5 Å². The molecule has 2 aromatic carbocycles. The molecule has 0 aliphatic carbocycles. The number of aliphatic imine (C=N–C) groups is 1. The molecule has 0 aliphatic rings. The molecule has 0 unspecified atom stereocenters. The number of ether oxygens (including phenoxy) is 1. The normalized spacial score (nSPS) is 10.0. The minimum absolute atomic E-state index is 0.259.